The summed E-state index contributed by atoms with van der Waals surface area (Å²) >= 11 is 0. The number of ether oxygens (including phenoxy) is 4. The standard InChI is InChI=1S/C18H21NO7S/c1-18(20,12-4-6-14-15(8-12)26-11-25-14)10-19-27(21,22)17-7-5-13(23-2)9-16(17)24-3/h4-9,19-20H,10-11H2,1-3H3. The number of hydrogen-bond donors (Lipinski definition) is 2. The predicted molar refractivity (Wildman–Crippen MR) is 96.9 cm³/mol. The van der Waals surface area contributed by atoms with Gasteiger partial charge in [0.05, 0.1) is 14.2 Å². The Morgan fingerprint density at radius 1 is 1.11 bits per heavy atom. The molecule has 1 atom stereocenters. The fraction of sp³-hybridized carbons (Fsp3) is 0.333. The van der Waals surface area contributed by atoms with Crippen LogP contribution in [0.1, 0.15) is 12.5 Å². The second kappa shape index (κ2) is 7.26. The summed E-state index contributed by atoms with van der Waals surface area (Å²) in [7, 11) is -1.08. The van der Waals surface area contributed by atoms with Gasteiger partial charge in [0.25, 0.3) is 0 Å². The van der Waals surface area contributed by atoms with Gasteiger partial charge in [-0.2, -0.15) is 0 Å². The molecule has 1 unspecified atom stereocenters. The molecular weight excluding hydrogens is 374 g/mol. The van der Waals surface area contributed by atoms with Crippen LogP contribution in [0, 0.1) is 0 Å². The van der Waals surface area contributed by atoms with Crippen molar-refractivity contribution in [2.75, 3.05) is 27.6 Å². The lowest BCUT2D eigenvalue weighted by Crippen LogP contribution is -2.38. The molecule has 0 saturated heterocycles. The zero-order valence-electron chi connectivity index (χ0n) is 15.2. The number of rotatable bonds is 7. The summed E-state index contributed by atoms with van der Waals surface area (Å²) < 4.78 is 48.6. The summed E-state index contributed by atoms with van der Waals surface area (Å²) in [6, 6.07) is 9.35. The molecule has 0 radical (unpaired) electrons. The van der Waals surface area contributed by atoms with Crippen LogP contribution in [0.15, 0.2) is 41.3 Å². The molecule has 0 saturated carbocycles. The van der Waals surface area contributed by atoms with E-state index in [1.807, 2.05) is 0 Å². The minimum atomic E-state index is -3.93. The van der Waals surface area contributed by atoms with Crippen LogP contribution < -0.4 is 23.7 Å². The lowest BCUT2D eigenvalue weighted by molar-refractivity contribution is 0.0625. The van der Waals surface area contributed by atoms with Crippen LogP contribution in [-0.4, -0.2) is 41.1 Å². The highest BCUT2D eigenvalue weighted by Crippen LogP contribution is 2.36. The molecule has 2 aromatic rings. The third-order valence-corrected chi connectivity index (χ3v) is 5.70. The molecule has 0 aliphatic carbocycles. The van der Waals surface area contributed by atoms with Gasteiger partial charge in [-0.1, -0.05) is 6.07 Å². The van der Waals surface area contributed by atoms with Crippen molar-refractivity contribution in [2.24, 2.45) is 0 Å². The zero-order valence-corrected chi connectivity index (χ0v) is 16.0. The van der Waals surface area contributed by atoms with Gasteiger partial charge >= 0.3 is 0 Å². The van der Waals surface area contributed by atoms with Gasteiger partial charge in [0.2, 0.25) is 16.8 Å². The van der Waals surface area contributed by atoms with Crippen LogP contribution in [0.25, 0.3) is 0 Å². The fourth-order valence-electron chi connectivity index (χ4n) is 2.64. The van der Waals surface area contributed by atoms with Crippen molar-refractivity contribution < 1.29 is 32.5 Å². The lowest BCUT2D eigenvalue weighted by Gasteiger charge is -2.24. The first-order chi connectivity index (χ1) is 12.8. The van der Waals surface area contributed by atoms with Crippen molar-refractivity contribution >= 4 is 10.0 Å². The van der Waals surface area contributed by atoms with Gasteiger partial charge in [-0.3, -0.25) is 0 Å². The molecule has 1 aliphatic heterocycles. The molecule has 0 aromatic heterocycles. The highest BCUT2D eigenvalue weighted by atomic mass is 32.2. The molecule has 0 spiro atoms. The third-order valence-electron chi connectivity index (χ3n) is 4.26. The fourth-order valence-corrected chi connectivity index (χ4v) is 3.92. The predicted octanol–water partition coefficient (Wildman–Crippen LogP) is 1.62. The van der Waals surface area contributed by atoms with E-state index in [0.29, 0.717) is 22.8 Å². The second-order valence-corrected chi connectivity index (χ2v) is 7.92. The largest absolute Gasteiger partial charge is 0.497 e. The van der Waals surface area contributed by atoms with Gasteiger partial charge < -0.3 is 24.1 Å². The Kier molecular flexibility index (Phi) is 5.18. The van der Waals surface area contributed by atoms with Crippen molar-refractivity contribution in [1.82, 2.24) is 4.72 Å². The maximum absolute atomic E-state index is 12.7. The molecule has 2 aromatic carbocycles. The summed E-state index contributed by atoms with van der Waals surface area (Å²) in [5.74, 6) is 1.70. The van der Waals surface area contributed by atoms with Crippen molar-refractivity contribution in [3.05, 3.63) is 42.0 Å². The van der Waals surface area contributed by atoms with Crippen molar-refractivity contribution in [3.8, 4) is 23.0 Å². The molecule has 0 amide bonds. The molecular formula is C18H21NO7S. The Labute approximate surface area is 157 Å². The number of sulfonamides is 1. The van der Waals surface area contributed by atoms with Gasteiger partial charge in [-0.25, -0.2) is 13.1 Å². The van der Waals surface area contributed by atoms with Crippen LogP contribution in [0.4, 0.5) is 0 Å². The number of hydrogen-bond acceptors (Lipinski definition) is 7. The van der Waals surface area contributed by atoms with Crippen LogP contribution in [0.2, 0.25) is 0 Å². The van der Waals surface area contributed by atoms with Gasteiger partial charge in [0.15, 0.2) is 11.5 Å². The van der Waals surface area contributed by atoms with E-state index in [1.165, 1.54) is 39.3 Å². The van der Waals surface area contributed by atoms with E-state index >= 15 is 0 Å². The van der Waals surface area contributed by atoms with E-state index < -0.39 is 15.6 Å². The highest BCUT2D eigenvalue weighted by Gasteiger charge is 2.29. The number of aliphatic hydroxyl groups is 1. The summed E-state index contributed by atoms with van der Waals surface area (Å²) in [4.78, 5) is -0.0488. The van der Waals surface area contributed by atoms with Crippen LogP contribution in [0.5, 0.6) is 23.0 Å². The first-order valence-electron chi connectivity index (χ1n) is 8.11. The van der Waals surface area contributed by atoms with E-state index in [0.717, 1.165) is 0 Å². The Bertz CT molecular complexity index is 941. The maximum Gasteiger partial charge on any atom is 0.244 e. The van der Waals surface area contributed by atoms with Crippen LogP contribution in [0.3, 0.4) is 0 Å². The third kappa shape index (κ3) is 3.95. The van der Waals surface area contributed by atoms with Crippen LogP contribution in [-0.2, 0) is 15.6 Å². The average molecular weight is 395 g/mol. The second-order valence-electron chi connectivity index (χ2n) is 6.18. The zero-order chi connectivity index (χ0) is 19.7. The molecule has 8 nitrogen and oxygen atoms in total. The van der Waals surface area contributed by atoms with E-state index in [9.17, 15) is 13.5 Å². The summed E-state index contributed by atoms with van der Waals surface area (Å²) in [6.07, 6.45) is 0. The minimum Gasteiger partial charge on any atom is -0.497 e. The maximum atomic E-state index is 12.7. The first-order valence-corrected chi connectivity index (χ1v) is 9.59. The normalized spacial score (nSPS) is 15.3. The number of methoxy groups -OCH3 is 2. The Balaban J connectivity index is 1.80. The summed E-state index contributed by atoms with van der Waals surface area (Å²) in [5.41, 5.74) is -0.968. The molecule has 0 fully saturated rings. The average Bonchev–Trinajstić information content (AvgIpc) is 3.14. The van der Waals surface area contributed by atoms with Crippen LogP contribution >= 0.6 is 0 Å². The van der Waals surface area contributed by atoms with E-state index in [2.05, 4.69) is 4.72 Å². The van der Waals surface area contributed by atoms with Gasteiger partial charge in [0.1, 0.15) is 22.0 Å². The van der Waals surface area contributed by atoms with Crippen molar-refractivity contribution in [1.29, 1.82) is 0 Å². The summed E-state index contributed by atoms with van der Waals surface area (Å²) in [6.45, 7) is 1.38. The SMILES string of the molecule is COc1ccc(S(=O)(=O)NCC(C)(O)c2ccc3c(c2)OCO3)c(OC)c1. The van der Waals surface area contributed by atoms with E-state index in [1.54, 1.807) is 18.2 Å². The summed E-state index contributed by atoms with van der Waals surface area (Å²) in [5, 5.41) is 10.8. The smallest absolute Gasteiger partial charge is 0.244 e. The molecule has 9 heteroatoms. The van der Waals surface area contributed by atoms with Crippen molar-refractivity contribution in [2.45, 2.75) is 17.4 Å². The first kappa shape index (κ1) is 19.3. The number of nitrogens with one attached hydrogen (secondary N) is 1. The van der Waals surface area contributed by atoms with Gasteiger partial charge in [0, 0.05) is 12.6 Å². The molecule has 3 rings (SSSR count). The topological polar surface area (TPSA) is 103 Å². The lowest BCUT2D eigenvalue weighted by atomic mass is 9.96. The van der Waals surface area contributed by atoms with Gasteiger partial charge in [-0.15, -0.1) is 0 Å². The monoisotopic (exact) mass is 395 g/mol. The molecule has 0 bridgehead atoms. The number of benzene rings is 2. The molecule has 2 N–H and O–H groups in total. The Morgan fingerprint density at radius 2 is 1.85 bits per heavy atom. The molecule has 1 aliphatic rings. The highest BCUT2D eigenvalue weighted by molar-refractivity contribution is 7.89. The van der Waals surface area contributed by atoms with E-state index in [-0.39, 0.29) is 24.0 Å². The Hall–Kier alpha value is -2.49. The molecule has 27 heavy (non-hydrogen) atoms. The minimum absolute atomic E-state index is 0.0488. The van der Waals surface area contributed by atoms with E-state index in [4.69, 9.17) is 18.9 Å². The van der Waals surface area contributed by atoms with Crippen molar-refractivity contribution in [3.63, 3.8) is 0 Å². The number of fused-ring (bicyclic) bond motifs is 1. The Morgan fingerprint density at radius 3 is 2.56 bits per heavy atom. The van der Waals surface area contributed by atoms with Gasteiger partial charge in [-0.05, 0) is 36.8 Å². The quantitative estimate of drug-likeness (QED) is 0.734. The molecule has 146 valence electrons. The molecule has 1 heterocycles.